The molecule has 4 aliphatic rings. The van der Waals surface area contributed by atoms with E-state index in [1.165, 1.54) is 6.21 Å². The van der Waals surface area contributed by atoms with Gasteiger partial charge in [0.2, 0.25) is 0 Å². The number of amides is 2. The number of rotatable bonds is 4. The van der Waals surface area contributed by atoms with Gasteiger partial charge in [-0.3, -0.25) is 9.59 Å². The third-order valence-corrected chi connectivity index (χ3v) is 6.93. The molecule has 2 bridgehead atoms. The summed E-state index contributed by atoms with van der Waals surface area (Å²) in [6, 6.07) is 23.6. The monoisotopic (exact) mass is 432 g/mol. The smallest absolute Gasteiger partial charge is 0.254 e. The summed E-state index contributed by atoms with van der Waals surface area (Å²) >= 11 is 0. The van der Waals surface area contributed by atoms with Gasteiger partial charge in [0.05, 0.1) is 18.1 Å². The van der Waals surface area contributed by atoms with Gasteiger partial charge in [0.15, 0.2) is 0 Å². The van der Waals surface area contributed by atoms with Gasteiger partial charge >= 0.3 is 0 Å². The molecule has 3 aliphatic carbocycles. The van der Waals surface area contributed by atoms with Gasteiger partial charge in [-0.15, -0.1) is 6.42 Å². The summed E-state index contributed by atoms with van der Waals surface area (Å²) in [6.07, 6.45) is 6.78. The van der Waals surface area contributed by atoms with Crippen molar-refractivity contribution in [3.63, 3.8) is 0 Å². The van der Waals surface area contributed by atoms with Crippen LogP contribution in [0.4, 0.5) is 0 Å². The molecule has 2 amide bonds. The van der Waals surface area contributed by atoms with Crippen molar-refractivity contribution < 1.29 is 14.3 Å². The highest BCUT2D eigenvalue weighted by Crippen LogP contribution is 2.60. The molecular formula is C28H20N2O3. The van der Waals surface area contributed by atoms with Gasteiger partial charge in [-0.25, -0.2) is 0 Å². The first-order valence-corrected chi connectivity index (χ1v) is 10.9. The highest BCUT2D eigenvalue weighted by molar-refractivity contribution is 6.08. The van der Waals surface area contributed by atoms with Crippen molar-refractivity contribution in [1.82, 2.24) is 5.01 Å². The topological polar surface area (TPSA) is 59.0 Å². The molecule has 0 saturated carbocycles. The molecule has 3 aromatic carbocycles. The van der Waals surface area contributed by atoms with Crippen LogP contribution in [0, 0.1) is 24.2 Å². The molecule has 0 unspecified atom stereocenters. The number of benzene rings is 3. The Morgan fingerprint density at radius 2 is 1.39 bits per heavy atom. The first-order chi connectivity index (χ1) is 16.2. The number of hydrogen-bond donors (Lipinski definition) is 0. The molecule has 0 spiro atoms. The summed E-state index contributed by atoms with van der Waals surface area (Å²) in [5, 5.41) is 5.41. The second kappa shape index (κ2) is 7.46. The number of carbonyl (C=O) groups is 2. The minimum atomic E-state index is -0.435. The van der Waals surface area contributed by atoms with Gasteiger partial charge in [0.25, 0.3) is 11.8 Å². The highest BCUT2D eigenvalue weighted by Gasteiger charge is 2.61. The summed E-state index contributed by atoms with van der Waals surface area (Å²) in [6.45, 7) is 0.164. The van der Waals surface area contributed by atoms with Gasteiger partial charge in [-0.2, -0.15) is 10.1 Å². The van der Waals surface area contributed by atoms with Crippen molar-refractivity contribution in [2.75, 3.05) is 6.61 Å². The molecule has 3 aromatic rings. The molecule has 5 heteroatoms. The molecule has 0 aromatic heterocycles. The van der Waals surface area contributed by atoms with Crippen LogP contribution < -0.4 is 4.74 Å². The van der Waals surface area contributed by atoms with Crippen LogP contribution in [-0.2, 0) is 9.59 Å². The maximum atomic E-state index is 13.5. The Labute approximate surface area is 191 Å². The molecule has 1 heterocycles. The van der Waals surface area contributed by atoms with Crippen molar-refractivity contribution in [3.8, 4) is 18.1 Å². The van der Waals surface area contributed by atoms with E-state index in [9.17, 15) is 9.59 Å². The first-order valence-electron chi connectivity index (χ1n) is 10.9. The molecule has 160 valence electrons. The summed E-state index contributed by atoms with van der Waals surface area (Å²) in [5.74, 6) is 1.42. The average Bonchev–Trinajstić information content (AvgIpc) is 3.11. The predicted molar refractivity (Wildman–Crippen MR) is 124 cm³/mol. The maximum absolute atomic E-state index is 13.5. The van der Waals surface area contributed by atoms with E-state index in [4.69, 9.17) is 11.2 Å². The van der Waals surface area contributed by atoms with Crippen LogP contribution >= 0.6 is 0 Å². The number of hydrogen-bond acceptors (Lipinski definition) is 4. The molecule has 7 rings (SSSR count). The van der Waals surface area contributed by atoms with E-state index < -0.39 is 11.8 Å². The van der Waals surface area contributed by atoms with Crippen molar-refractivity contribution in [2.24, 2.45) is 16.9 Å². The summed E-state index contributed by atoms with van der Waals surface area (Å²) in [4.78, 5) is 27.1. The van der Waals surface area contributed by atoms with Gasteiger partial charge in [-0.1, -0.05) is 66.6 Å². The summed E-state index contributed by atoms with van der Waals surface area (Å²) < 4.78 is 5.45. The van der Waals surface area contributed by atoms with E-state index in [0.29, 0.717) is 5.75 Å². The number of hydrazone groups is 1. The Kier molecular flexibility index (Phi) is 4.41. The lowest BCUT2D eigenvalue weighted by atomic mass is 9.55. The molecule has 0 radical (unpaired) electrons. The van der Waals surface area contributed by atoms with Gasteiger partial charge in [0.1, 0.15) is 12.4 Å². The van der Waals surface area contributed by atoms with E-state index in [-0.39, 0.29) is 30.3 Å². The number of terminal acetylenes is 1. The van der Waals surface area contributed by atoms with Crippen molar-refractivity contribution in [3.05, 3.63) is 101 Å². The van der Waals surface area contributed by atoms with Crippen LogP contribution in [0.5, 0.6) is 5.75 Å². The second-order valence-corrected chi connectivity index (χ2v) is 8.56. The van der Waals surface area contributed by atoms with Crippen molar-refractivity contribution in [2.45, 2.75) is 11.8 Å². The van der Waals surface area contributed by atoms with E-state index in [2.05, 4.69) is 35.3 Å². The zero-order valence-corrected chi connectivity index (χ0v) is 17.7. The predicted octanol–water partition coefficient (Wildman–Crippen LogP) is 3.92. The Bertz CT molecular complexity index is 1250. The van der Waals surface area contributed by atoms with Crippen LogP contribution in [-0.4, -0.2) is 29.6 Å². The van der Waals surface area contributed by atoms with E-state index in [1.54, 1.807) is 12.1 Å². The lowest BCUT2D eigenvalue weighted by Crippen LogP contribution is -2.41. The highest BCUT2D eigenvalue weighted by atomic mass is 16.5. The fourth-order valence-electron chi connectivity index (χ4n) is 5.71. The zero-order valence-electron chi connectivity index (χ0n) is 17.7. The largest absolute Gasteiger partial charge is 0.481 e. The molecular weight excluding hydrogens is 412 g/mol. The van der Waals surface area contributed by atoms with Crippen LogP contribution in [0.3, 0.4) is 0 Å². The summed E-state index contributed by atoms with van der Waals surface area (Å²) in [5.41, 5.74) is 5.30. The molecule has 33 heavy (non-hydrogen) atoms. The fraction of sp³-hybridized carbons (Fsp3) is 0.179. The minimum absolute atomic E-state index is 0.135. The molecule has 0 N–H and O–H groups in total. The average molecular weight is 432 g/mol. The lowest BCUT2D eigenvalue weighted by Gasteiger charge is -2.45. The quantitative estimate of drug-likeness (QED) is 0.357. The SMILES string of the molecule is C#CCOc1cccc(/C=N\N2C(=O)[C@@H]3C4c5ccccc5C(c5ccccc54)[C@H]3C2=O)c1. The number of nitrogens with zero attached hydrogens (tertiary/aromatic N) is 2. The zero-order chi connectivity index (χ0) is 22.5. The van der Waals surface area contributed by atoms with Gasteiger partial charge in [0, 0.05) is 11.8 Å². The molecule has 2 atom stereocenters. The Morgan fingerprint density at radius 3 is 1.91 bits per heavy atom. The van der Waals surface area contributed by atoms with Crippen molar-refractivity contribution in [1.29, 1.82) is 0 Å². The fourth-order valence-corrected chi connectivity index (χ4v) is 5.71. The maximum Gasteiger partial charge on any atom is 0.254 e. The first kappa shape index (κ1) is 19.5. The third-order valence-electron chi connectivity index (χ3n) is 6.93. The number of ether oxygens (including phenoxy) is 1. The Morgan fingerprint density at radius 1 is 0.848 bits per heavy atom. The van der Waals surface area contributed by atoms with Gasteiger partial charge < -0.3 is 4.74 Å². The van der Waals surface area contributed by atoms with Gasteiger partial charge in [-0.05, 0) is 39.9 Å². The van der Waals surface area contributed by atoms with Crippen LogP contribution in [0.15, 0.2) is 77.9 Å². The van der Waals surface area contributed by atoms with Crippen molar-refractivity contribution >= 4 is 18.0 Å². The number of imide groups is 1. The normalized spacial score (nSPS) is 24.4. The van der Waals surface area contributed by atoms with E-state index >= 15 is 0 Å². The van der Waals surface area contributed by atoms with Crippen LogP contribution in [0.2, 0.25) is 0 Å². The molecule has 1 fully saturated rings. The molecule has 5 nitrogen and oxygen atoms in total. The van der Waals surface area contributed by atoms with Crippen LogP contribution in [0.1, 0.15) is 39.7 Å². The minimum Gasteiger partial charge on any atom is -0.481 e. The van der Waals surface area contributed by atoms with E-state index in [0.717, 1.165) is 32.8 Å². The standard InChI is InChI=1S/C28H20N2O3/c1-2-14-33-18-9-7-8-17(15-18)16-29-30-27(31)25-23-19-10-3-4-11-20(19)24(26(25)28(30)32)22-13-6-5-12-21(22)23/h1,3-13,15-16,23-26H,14H2/b29-16-/t23?,24?,25-,26-/m1/s1. The third kappa shape index (κ3) is 2.84. The molecule has 1 saturated heterocycles. The number of carbonyl (C=O) groups excluding carboxylic acids is 2. The Balaban J connectivity index is 1.37. The van der Waals surface area contributed by atoms with Crippen LogP contribution in [0.25, 0.3) is 0 Å². The van der Waals surface area contributed by atoms with E-state index in [1.807, 2.05) is 36.4 Å². The lowest BCUT2D eigenvalue weighted by molar-refractivity contribution is -0.139. The Hall–Kier alpha value is -4.17. The summed E-state index contributed by atoms with van der Waals surface area (Å²) in [7, 11) is 0. The molecule has 1 aliphatic heterocycles. The second-order valence-electron chi connectivity index (χ2n) is 8.56.